The molecule has 2 aromatic rings. The molecule has 106 valence electrons. The lowest BCUT2D eigenvalue weighted by Crippen LogP contribution is -2.46. The smallest absolute Gasteiger partial charge is 0.252 e. The summed E-state index contributed by atoms with van der Waals surface area (Å²) in [4.78, 5) is 16.7. The van der Waals surface area contributed by atoms with Gasteiger partial charge in [-0.2, -0.15) is 0 Å². The number of hydrogen-bond acceptors (Lipinski definition) is 4. The summed E-state index contributed by atoms with van der Waals surface area (Å²) in [6.07, 6.45) is 0. The van der Waals surface area contributed by atoms with Gasteiger partial charge in [0.15, 0.2) is 0 Å². The number of carbonyl (C=O) groups is 1. The van der Waals surface area contributed by atoms with E-state index in [0.717, 1.165) is 5.39 Å². The second-order valence-electron chi connectivity index (χ2n) is 5.38. The third-order valence-electron chi connectivity index (χ3n) is 2.94. The van der Waals surface area contributed by atoms with Crippen LogP contribution in [0.1, 0.15) is 24.2 Å². The van der Waals surface area contributed by atoms with Gasteiger partial charge in [0.1, 0.15) is 5.82 Å². The van der Waals surface area contributed by atoms with E-state index in [1.807, 2.05) is 38.1 Å². The molecule has 0 radical (unpaired) electrons. The van der Waals surface area contributed by atoms with Gasteiger partial charge >= 0.3 is 0 Å². The van der Waals surface area contributed by atoms with E-state index < -0.39 is 5.54 Å². The summed E-state index contributed by atoms with van der Waals surface area (Å²) in [6, 6.07) is 9.03. The van der Waals surface area contributed by atoms with Gasteiger partial charge in [0.25, 0.3) is 5.91 Å². The summed E-state index contributed by atoms with van der Waals surface area (Å²) in [7, 11) is 1.60. The molecule has 2 rings (SSSR count). The average Bonchev–Trinajstić information content (AvgIpc) is 2.36. The number of para-hydroxylation sites is 1. The van der Waals surface area contributed by atoms with E-state index in [9.17, 15) is 4.79 Å². The van der Waals surface area contributed by atoms with Crippen molar-refractivity contribution in [2.24, 2.45) is 0 Å². The molecule has 5 nitrogen and oxygen atoms in total. The number of ether oxygens (including phenoxy) is 1. The predicted octanol–water partition coefficient (Wildman–Crippen LogP) is 1.97. The topological polar surface area (TPSA) is 77.2 Å². The highest BCUT2D eigenvalue weighted by Gasteiger charge is 2.22. The highest BCUT2D eigenvalue weighted by molar-refractivity contribution is 6.07. The summed E-state index contributed by atoms with van der Waals surface area (Å²) in [5, 5.41) is 3.73. The quantitative estimate of drug-likeness (QED) is 0.893. The van der Waals surface area contributed by atoms with Crippen molar-refractivity contribution in [1.29, 1.82) is 0 Å². The van der Waals surface area contributed by atoms with Crippen molar-refractivity contribution in [3.63, 3.8) is 0 Å². The summed E-state index contributed by atoms with van der Waals surface area (Å²) in [5.41, 5.74) is 6.55. The molecule has 0 saturated heterocycles. The van der Waals surface area contributed by atoms with Crippen LogP contribution in [-0.4, -0.2) is 30.1 Å². The van der Waals surface area contributed by atoms with Gasteiger partial charge in [-0.3, -0.25) is 4.79 Å². The van der Waals surface area contributed by atoms with Crippen molar-refractivity contribution < 1.29 is 9.53 Å². The number of nitrogens with zero attached hydrogens (tertiary/aromatic N) is 1. The Morgan fingerprint density at radius 1 is 1.40 bits per heavy atom. The van der Waals surface area contributed by atoms with Crippen LogP contribution < -0.4 is 11.1 Å². The van der Waals surface area contributed by atoms with Gasteiger partial charge in [0.2, 0.25) is 0 Å². The minimum atomic E-state index is -0.453. The second kappa shape index (κ2) is 5.46. The number of rotatable bonds is 4. The lowest BCUT2D eigenvalue weighted by molar-refractivity contribution is 0.0821. The Morgan fingerprint density at radius 3 is 2.80 bits per heavy atom. The molecule has 1 aromatic carbocycles. The Bertz CT molecular complexity index is 638. The average molecular weight is 273 g/mol. The van der Waals surface area contributed by atoms with Gasteiger partial charge in [-0.1, -0.05) is 18.2 Å². The fourth-order valence-electron chi connectivity index (χ4n) is 2.16. The van der Waals surface area contributed by atoms with Gasteiger partial charge in [-0.25, -0.2) is 4.98 Å². The maximum Gasteiger partial charge on any atom is 0.252 e. The van der Waals surface area contributed by atoms with E-state index in [4.69, 9.17) is 10.5 Å². The molecule has 0 bridgehead atoms. The Labute approximate surface area is 118 Å². The summed E-state index contributed by atoms with van der Waals surface area (Å²) in [6.45, 7) is 4.24. The number of nitrogens with one attached hydrogen (secondary N) is 1. The van der Waals surface area contributed by atoms with Gasteiger partial charge in [0, 0.05) is 12.5 Å². The molecule has 0 unspecified atom stereocenters. The number of pyridine rings is 1. The Balaban J connectivity index is 2.39. The highest BCUT2D eigenvalue weighted by Crippen LogP contribution is 2.20. The minimum absolute atomic E-state index is 0.183. The molecule has 3 N–H and O–H groups in total. The van der Waals surface area contributed by atoms with Crippen LogP contribution in [0.4, 0.5) is 5.82 Å². The summed E-state index contributed by atoms with van der Waals surface area (Å²) < 4.78 is 5.10. The van der Waals surface area contributed by atoms with E-state index in [2.05, 4.69) is 10.3 Å². The number of carbonyl (C=O) groups excluding carboxylic acids is 1. The first-order chi connectivity index (χ1) is 9.43. The number of hydrogen-bond donors (Lipinski definition) is 2. The van der Waals surface area contributed by atoms with Crippen molar-refractivity contribution in [3.05, 3.63) is 35.9 Å². The normalized spacial score (nSPS) is 11.6. The standard InChI is InChI=1S/C15H19N3O2/c1-15(2,9-20-3)18-14(19)11-8-13(16)17-12-7-5-4-6-10(11)12/h4-8H,9H2,1-3H3,(H2,16,17)(H,18,19). The molecule has 20 heavy (non-hydrogen) atoms. The lowest BCUT2D eigenvalue weighted by Gasteiger charge is -2.25. The number of nitrogen functional groups attached to an aromatic ring is 1. The molecule has 1 heterocycles. The molecule has 0 aliphatic rings. The maximum absolute atomic E-state index is 12.5. The van der Waals surface area contributed by atoms with E-state index >= 15 is 0 Å². The molecule has 0 aliphatic heterocycles. The van der Waals surface area contributed by atoms with Crippen LogP contribution >= 0.6 is 0 Å². The van der Waals surface area contributed by atoms with Crippen molar-refractivity contribution in [1.82, 2.24) is 10.3 Å². The van der Waals surface area contributed by atoms with Crippen molar-refractivity contribution in [3.8, 4) is 0 Å². The first-order valence-electron chi connectivity index (χ1n) is 6.40. The fourth-order valence-corrected chi connectivity index (χ4v) is 2.16. The zero-order valence-electron chi connectivity index (χ0n) is 11.9. The number of benzene rings is 1. The number of aromatic nitrogens is 1. The Morgan fingerprint density at radius 2 is 2.10 bits per heavy atom. The molecule has 0 atom stereocenters. The number of fused-ring (bicyclic) bond motifs is 1. The third-order valence-corrected chi connectivity index (χ3v) is 2.94. The molecule has 0 saturated carbocycles. The van der Waals surface area contributed by atoms with Crippen LogP contribution in [0.15, 0.2) is 30.3 Å². The predicted molar refractivity (Wildman–Crippen MR) is 79.6 cm³/mol. The monoisotopic (exact) mass is 273 g/mol. The number of anilines is 1. The fraction of sp³-hybridized carbons (Fsp3) is 0.333. The van der Waals surface area contributed by atoms with Gasteiger partial charge in [-0.15, -0.1) is 0 Å². The minimum Gasteiger partial charge on any atom is -0.384 e. The second-order valence-corrected chi connectivity index (χ2v) is 5.38. The van der Waals surface area contributed by atoms with Crippen molar-refractivity contribution >= 4 is 22.6 Å². The maximum atomic E-state index is 12.5. The Kier molecular flexibility index (Phi) is 3.90. The number of amides is 1. The lowest BCUT2D eigenvalue weighted by atomic mass is 10.0. The SMILES string of the molecule is COCC(C)(C)NC(=O)c1cc(N)nc2ccccc12. The summed E-state index contributed by atoms with van der Waals surface area (Å²) in [5.74, 6) is 0.149. The molecule has 0 aliphatic carbocycles. The molecule has 1 aromatic heterocycles. The zero-order chi connectivity index (χ0) is 14.8. The van der Waals surface area contributed by atoms with Gasteiger partial charge < -0.3 is 15.8 Å². The van der Waals surface area contributed by atoms with E-state index in [1.165, 1.54) is 0 Å². The first-order valence-corrected chi connectivity index (χ1v) is 6.40. The van der Waals surface area contributed by atoms with Crippen LogP contribution in [0, 0.1) is 0 Å². The van der Waals surface area contributed by atoms with E-state index in [-0.39, 0.29) is 5.91 Å². The first kappa shape index (κ1) is 14.3. The molecule has 1 amide bonds. The molecular weight excluding hydrogens is 254 g/mol. The van der Waals surface area contributed by atoms with Crippen LogP contribution in [0.2, 0.25) is 0 Å². The Hall–Kier alpha value is -2.14. The molecule has 0 fully saturated rings. The highest BCUT2D eigenvalue weighted by atomic mass is 16.5. The van der Waals surface area contributed by atoms with Gasteiger partial charge in [-0.05, 0) is 26.0 Å². The molecular formula is C15H19N3O2. The molecule has 0 spiro atoms. The third kappa shape index (κ3) is 3.05. The van der Waals surface area contributed by atoms with Crippen LogP contribution in [0.5, 0.6) is 0 Å². The van der Waals surface area contributed by atoms with E-state index in [0.29, 0.717) is 23.5 Å². The number of methoxy groups -OCH3 is 1. The number of nitrogens with two attached hydrogens (primary N) is 1. The van der Waals surface area contributed by atoms with Crippen LogP contribution in [0.3, 0.4) is 0 Å². The van der Waals surface area contributed by atoms with Crippen LogP contribution in [0.25, 0.3) is 10.9 Å². The zero-order valence-corrected chi connectivity index (χ0v) is 11.9. The largest absolute Gasteiger partial charge is 0.384 e. The van der Waals surface area contributed by atoms with Crippen molar-refractivity contribution in [2.75, 3.05) is 19.5 Å². The molecule has 5 heteroatoms. The van der Waals surface area contributed by atoms with E-state index in [1.54, 1.807) is 13.2 Å². The van der Waals surface area contributed by atoms with Crippen LogP contribution in [-0.2, 0) is 4.74 Å². The van der Waals surface area contributed by atoms with Crippen molar-refractivity contribution in [2.45, 2.75) is 19.4 Å². The van der Waals surface area contributed by atoms with Gasteiger partial charge in [0.05, 0.1) is 23.2 Å². The summed E-state index contributed by atoms with van der Waals surface area (Å²) >= 11 is 0.